The van der Waals surface area contributed by atoms with Crippen LogP contribution >= 0.6 is 22.9 Å². The zero-order chi connectivity index (χ0) is 11.5. The number of halogens is 1. The molecule has 0 aliphatic heterocycles. The van der Waals surface area contributed by atoms with Crippen molar-refractivity contribution in [3.05, 3.63) is 16.7 Å². The molecule has 0 bridgehead atoms. The fourth-order valence-electron chi connectivity index (χ4n) is 1.41. The highest BCUT2D eigenvalue weighted by atomic mass is 35.5. The number of aliphatic hydroxyl groups excluding tert-OH is 1. The third-order valence-corrected chi connectivity index (χ3v) is 3.33. The van der Waals surface area contributed by atoms with Gasteiger partial charge in [-0.25, -0.2) is 9.97 Å². The van der Waals surface area contributed by atoms with Gasteiger partial charge in [0.25, 0.3) is 0 Å². The molecule has 1 atom stereocenters. The topological polar surface area (TPSA) is 58.0 Å². The minimum atomic E-state index is -0.00549. The molecule has 86 valence electrons. The molecule has 1 unspecified atom stereocenters. The number of aromatic nitrogens is 2. The van der Waals surface area contributed by atoms with Crippen LogP contribution in [0.15, 0.2) is 11.4 Å². The molecule has 0 saturated carbocycles. The third-order valence-electron chi connectivity index (χ3n) is 2.35. The number of rotatable bonds is 4. The van der Waals surface area contributed by atoms with Gasteiger partial charge in [-0.05, 0) is 29.5 Å². The number of thiophene rings is 1. The zero-order valence-corrected chi connectivity index (χ0v) is 10.3. The van der Waals surface area contributed by atoms with Crippen LogP contribution in [0.2, 0.25) is 5.28 Å². The normalized spacial score (nSPS) is 12.9. The summed E-state index contributed by atoms with van der Waals surface area (Å²) in [4.78, 5) is 9.13. The zero-order valence-electron chi connectivity index (χ0n) is 8.77. The van der Waals surface area contributed by atoms with Gasteiger partial charge in [-0.15, -0.1) is 11.3 Å². The van der Waals surface area contributed by atoms with Gasteiger partial charge < -0.3 is 10.4 Å². The second-order valence-corrected chi connectivity index (χ2v) is 4.65. The smallest absolute Gasteiger partial charge is 0.225 e. The van der Waals surface area contributed by atoms with Crippen LogP contribution in [0.4, 0.5) is 5.82 Å². The molecule has 2 aromatic heterocycles. The Balaban J connectivity index is 2.38. The Kier molecular flexibility index (Phi) is 3.58. The molecule has 4 nitrogen and oxygen atoms in total. The van der Waals surface area contributed by atoms with Crippen molar-refractivity contribution in [2.75, 3.05) is 11.9 Å². The molecule has 0 amide bonds. The van der Waals surface area contributed by atoms with E-state index in [2.05, 4.69) is 15.3 Å². The lowest BCUT2D eigenvalue weighted by Crippen LogP contribution is -2.23. The van der Waals surface area contributed by atoms with Crippen molar-refractivity contribution >= 4 is 39.0 Å². The molecular weight excluding hydrogens is 246 g/mol. The number of nitrogens with zero attached hydrogens (tertiary/aromatic N) is 2. The maximum Gasteiger partial charge on any atom is 0.225 e. The first-order valence-electron chi connectivity index (χ1n) is 5.02. The fourth-order valence-corrected chi connectivity index (χ4v) is 2.39. The number of nitrogens with one attached hydrogen (secondary N) is 1. The van der Waals surface area contributed by atoms with Crippen LogP contribution < -0.4 is 5.32 Å². The third kappa shape index (κ3) is 2.26. The van der Waals surface area contributed by atoms with Crippen LogP contribution in [-0.4, -0.2) is 27.7 Å². The van der Waals surface area contributed by atoms with Crippen molar-refractivity contribution in [2.45, 2.75) is 19.4 Å². The van der Waals surface area contributed by atoms with Crippen molar-refractivity contribution in [1.29, 1.82) is 0 Å². The largest absolute Gasteiger partial charge is 0.394 e. The highest BCUT2D eigenvalue weighted by Crippen LogP contribution is 2.26. The summed E-state index contributed by atoms with van der Waals surface area (Å²) in [5.41, 5.74) is 0. The van der Waals surface area contributed by atoms with Gasteiger partial charge in [-0.3, -0.25) is 0 Å². The standard InChI is InChI=1S/C10H12ClN3OS/c1-2-6(5-15)12-8-7-3-4-16-9(7)14-10(11)13-8/h3-4,6,15H,2,5H2,1H3,(H,12,13,14). The van der Waals surface area contributed by atoms with Gasteiger partial charge >= 0.3 is 0 Å². The molecule has 0 spiro atoms. The number of anilines is 1. The van der Waals surface area contributed by atoms with E-state index < -0.39 is 0 Å². The predicted octanol–water partition coefficient (Wildman–Crippen LogP) is 2.53. The summed E-state index contributed by atoms with van der Waals surface area (Å²) in [5, 5.41) is 15.4. The van der Waals surface area contributed by atoms with Crippen LogP contribution in [0.25, 0.3) is 10.2 Å². The maximum absolute atomic E-state index is 9.14. The van der Waals surface area contributed by atoms with Crippen molar-refractivity contribution in [2.24, 2.45) is 0 Å². The number of aliphatic hydroxyl groups is 1. The van der Waals surface area contributed by atoms with Crippen molar-refractivity contribution < 1.29 is 5.11 Å². The lowest BCUT2D eigenvalue weighted by atomic mass is 10.2. The lowest BCUT2D eigenvalue weighted by Gasteiger charge is -2.15. The summed E-state index contributed by atoms with van der Waals surface area (Å²) in [7, 11) is 0. The SMILES string of the molecule is CCC(CO)Nc1nc(Cl)nc2sccc12. The summed E-state index contributed by atoms with van der Waals surface area (Å²) in [6.07, 6.45) is 0.823. The predicted molar refractivity (Wildman–Crippen MR) is 67.2 cm³/mol. The fraction of sp³-hybridized carbons (Fsp3) is 0.400. The highest BCUT2D eigenvalue weighted by Gasteiger charge is 2.11. The first-order valence-corrected chi connectivity index (χ1v) is 6.28. The molecule has 6 heteroatoms. The van der Waals surface area contributed by atoms with Gasteiger partial charge in [0.15, 0.2) is 0 Å². The molecule has 2 rings (SSSR count). The average Bonchev–Trinajstić information content (AvgIpc) is 2.73. The molecule has 2 aromatic rings. The van der Waals surface area contributed by atoms with E-state index in [0.717, 1.165) is 16.6 Å². The number of hydrogen-bond donors (Lipinski definition) is 2. The summed E-state index contributed by atoms with van der Waals surface area (Å²) in [6.45, 7) is 2.07. The lowest BCUT2D eigenvalue weighted by molar-refractivity contribution is 0.271. The van der Waals surface area contributed by atoms with E-state index in [4.69, 9.17) is 16.7 Å². The minimum Gasteiger partial charge on any atom is -0.394 e. The van der Waals surface area contributed by atoms with Gasteiger partial charge in [-0.2, -0.15) is 0 Å². The molecule has 2 N–H and O–H groups in total. The van der Waals surface area contributed by atoms with Gasteiger partial charge in [0.2, 0.25) is 5.28 Å². The summed E-state index contributed by atoms with van der Waals surface area (Å²) in [6, 6.07) is 1.94. The number of fused-ring (bicyclic) bond motifs is 1. The second kappa shape index (κ2) is 4.95. The Labute approximate surface area is 102 Å². The Morgan fingerprint density at radius 1 is 1.56 bits per heavy atom. The Hall–Kier alpha value is -0.910. The molecule has 0 fully saturated rings. The summed E-state index contributed by atoms with van der Waals surface area (Å²) in [5.74, 6) is 0.692. The van der Waals surface area contributed by atoms with Gasteiger partial charge in [0.05, 0.1) is 18.0 Å². The van der Waals surface area contributed by atoms with Crippen molar-refractivity contribution in [1.82, 2.24) is 9.97 Å². The molecule has 16 heavy (non-hydrogen) atoms. The molecule has 2 heterocycles. The van der Waals surface area contributed by atoms with Crippen LogP contribution in [-0.2, 0) is 0 Å². The van der Waals surface area contributed by atoms with Gasteiger partial charge in [0, 0.05) is 0 Å². The maximum atomic E-state index is 9.14. The summed E-state index contributed by atoms with van der Waals surface area (Å²) >= 11 is 7.35. The Bertz CT molecular complexity index is 484. The van der Waals surface area contributed by atoms with Crippen LogP contribution in [0, 0.1) is 0 Å². The molecule has 0 aliphatic carbocycles. The average molecular weight is 258 g/mol. The van der Waals surface area contributed by atoms with Crippen molar-refractivity contribution in [3.8, 4) is 0 Å². The quantitative estimate of drug-likeness (QED) is 0.827. The van der Waals surface area contributed by atoms with Crippen LogP contribution in [0.1, 0.15) is 13.3 Å². The van der Waals surface area contributed by atoms with E-state index >= 15 is 0 Å². The van der Waals surface area contributed by atoms with Crippen LogP contribution in [0.5, 0.6) is 0 Å². The number of hydrogen-bond acceptors (Lipinski definition) is 5. The molecule has 0 aromatic carbocycles. The van der Waals surface area contributed by atoms with Crippen molar-refractivity contribution in [3.63, 3.8) is 0 Å². The van der Waals surface area contributed by atoms with E-state index in [1.807, 2.05) is 18.4 Å². The highest BCUT2D eigenvalue weighted by molar-refractivity contribution is 7.16. The molecular formula is C10H12ClN3OS. The Morgan fingerprint density at radius 3 is 3.06 bits per heavy atom. The Morgan fingerprint density at radius 2 is 2.38 bits per heavy atom. The first-order chi connectivity index (χ1) is 7.74. The molecule has 0 radical (unpaired) electrons. The minimum absolute atomic E-state index is 0.00549. The monoisotopic (exact) mass is 257 g/mol. The van der Waals surface area contributed by atoms with Gasteiger partial charge in [-0.1, -0.05) is 6.92 Å². The van der Waals surface area contributed by atoms with E-state index in [-0.39, 0.29) is 17.9 Å². The summed E-state index contributed by atoms with van der Waals surface area (Å²) < 4.78 is 0. The van der Waals surface area contributed by atoms with Gasteiger partial charge in [0.1, 0.15) is 10.6 Å². The first kappa shape index (κ1) is 11.6. The second-order valence-electron chi connectivity index (χ2n) is 3.41. The van der Waals surface area contributed by atoms with E-state index in [0.29, 0.717) is 5.82 Å². The molecule has 0 aliphatic rings. The van der Waals surface area contributed by atoms with E-state index in [1.54, 1.807) is 0 Å². The van der Waals surface area contributed by atoms with E-state index in [9.17, 15) is 0 Å². The molecule has 0 saturated heterocycles. The van der Waals surface area contributed by atoms with Crippen LogP contribution in [0.3, 0.4) is 0 Å². The van der Waals surface area contributed by atoms with E-state index in [1.165, 1.54) is 11.3 Å².